The molecule has 0 unspecified atom stereocenters. The molecule has 0 N–H and O–H groups in total. The van der Waals surface area contributed by atoms with Gasteiger partial charge in [0.15, 0.2) is 0 Å². The fourth-order valence-corrected chi connectivity index (χ4v) is 0.867. The van der Waals surface area contributed by atoms with Gasteiger partial charge in [-0.2, -0.15) is 0 Å². The average Bonchev–Trinajstić information content (AvgIpc) is 2.25. The predicted molar refractivity (Wildman–Crippen MR) is 66.7 cm³/mol. The first-order chi connectivity index (χ1) is 7.93. The van der Waals surface area contributed by atoms with Crippen LogP contribution in [0.2, 0.25) is 0 Å². The van der Waals surface area contributed by atoms with Gasteiger partial charge in [-0.1, -0.05) is 13.8 Å². The van der Waals surface area contributed by atoms with Gasteiger partial charge >= 0.3 is 11.9 Å². The van der Waals surface area contributed by atoms with E-state index in [9.17, 15) is 9.59 Å². The van der Waals surface area contributed by atoms with Crippen molar-refractivity contribution in [1.82, 2.24) is 4.90 Å². The largest absolute Gasteiger partial charge is 0.457 e. The first kappa shape index (κ1) is 18.3. The summed E-state index contributed by atoms with van der Waals surface area (Å²) >= 11 is 0. The molecule has 0 atom stereocenters. The topological polar surface area (TPSA) is 55.8 Å². The molecule has 0 aromatic rings. The van der Waals surface area contributed by atoms with E-state index in [1.807, 2.05) is 32.8 Å². The fraction of sp³-hybridized carbons (Fsp3) is 0.833. The van der Waals surface area contributed by atoms with E-state index >= 15 is 0 Å². The zero-order valence-corrected chi connectivity index (χ0v) is 11.8. The van der Waals surface area contributed by atoms with Crippen LogP contribution in [-0.2, 0) is 19.1 Å². The molecule has 5 nitrogen and oxygen atoms in total. The average molecular weight is 247 g/mol. The lowest BCUT2D eigenvalue weighted by molar-refractivity contribution is -0.170. The third-order valence-corrected chi connectivity index (χ3v) is 1.49. The summed E-state index contributed by atoms with van der Waals surface area (Å²) in [7, 11) is 3.85. The van der Waals surface area contributed by atoms with Crippen molar-refractivity contribution in [2.24, 2.45) is 0 Å². The number of hydrogen-bond donors (Lipinski definition) is 0. The van der Waals surface area contributed by atoms with Crippen LogP contribution in [0.1, 0.15) is 34.1 Å². The Morgan fingerprint density at radius 2 is 1.65 bits per heavy atom. The van der Waals surface area contributed by atoms with E-state index in [-0.39, 0.29) is 12.7 Å². The van der Waals surface area contributed by atoms with E-state index in [4.69, 9.17) is 4.74 Å². The van der Waals surface area contributed by atoms with Gasteiger partial charge in [0.2, 0.25) is 0 Å². The molecule has 0 saturated heterocycles. The van der Waals surface area contributed by atoms with E-state index < -0.39 is 11.9 Å². The summed E-state index contributed by atoms with van der Waals surface area (Å²) in [4.78, 5) is 24.0. The molecule has 0 fully saturated rings. The van der Waals surface area contributed by atoms with Crippen molar-refractivity contribution in [2.75, 3.05) is 27.2 Å². The quantitative estimate of drug-likeness (QED) is 0.418. The van der Waals surface area contributed by atoms with Crippen LogP contribution in [0.25, 0.3) is 0 Å². The molecule has 0 saturated carbocycles. The maximum atomic E-state index is 11.0. The molecule has 102 valence electrons. The molecule has 0 aliphatic carbocycles. The molecule has 0 aromatic heterocycles. The summed E-state index contributed by atoms with van der Waals surface area (Å²) in [5, 5.41) is 0. The minimum Gasteiger partial charge on any atom is -0.457 e. The second kappa shape index (κ2) is 11.4. The van der Waals surface area contributed by atoms with Gasteiger partial charge in [-0.25, -0.2) is 9.59 Å². The lowest BCUT2D eigenvalue weighted by atomic mass is 10.4. The molecule has 5 heteroatoms. The molecular formula is C12H25NO4. The second-order valence-electron chi connectivity index (χ2n) is 3.75. The van der Waals surface area contributed by atoms with E-state index in [2.05, 4.69) is 4.74 Å². The summed E-state index contributed by atoms with van der Waals surface area (Å²) < 4.78 is 9.38. The van der Waals surface area contributed by atoms with Gasteiger partial charge in [0, 0.05) is 6.54 Å². The van der Waals surface area contributed by atoms with Crippen molar-refractivity contribution >= 4 is 11.9 Å². The summed E-state index contributed by atoms with van der Waals surface area (Å²) in [6.07, 6.45) is 0.403. The Morgan fingerprint density at radius 1 is 1.12 bits per heavy atom. The standard InChI is InChI=1S/C10H19NO4.C2H6/c1-8(2)15-10(13)9(12)14-7-5-6-11(3)4;1-2/h8H,5-7H2,1-4H3;1-2H3. The molecule has 0 amide bonds. The SMILES string of the molecule is CC.CC(C)OC(=O)C(=O)OCCCN(C)C. The highest BCUT2D eigenvalue weighted by molar-refractivity contribution is 6.29. The highest BCUT2D eigenvalue weighted by Crippen LogP contribution is 1.93. The number of carbonyl (C=O) groups is 2. The van der Waals surface area contributed by atoms with Crippen molar-refractivity contribution in [1.29, 1.82) is 0 Å². The van der Waals surface area contributed by atoms with Gasteiger partial charge in [-0.15, -0.1) is 0 Å². The Hall–Kier alpha value is -1.10. The molecule has 0 aliphatic rings. The van der Waals surface area contributed by atoms with Crippen molar-refractivity contribution in [2.45, 2.75) is 40.2 Å². The molecule has 0 aromatic carbocycles. The first-order valence-electron chi connectivity index (χ1n) is 5.96. The maximum Gasteiger partial charge on any atom is 0.417 e. The van der Waals surface area contributed by atoms with Crippen molar-refractivity contribution < 1.29 is 19.1 Å². The van der Waals surface area contributed by atoms with Crippen LogP contribution in [0.4, 0.5) is 0 Å². The highest BCUT2D eigenvalue weighted by Gasteiger charge is 2.18. The van der Waals surface area contributed by atoms with Gasteiger partial charge in [-0.3, -0.25) is 0 Å². The summed E-state index contributed by atoms with van der Waals surface area (Å²) in [5.41, 5.74) is 0. The Bertz CT molecular complexity index is 215. The lowest BCUT2D eigenvalue weighted by Gasteiger charge is -2.10. The van der Waals surface area contributed by atoms with Crippen LogP contribution < -0.4 is 0 Å². The van der Waals surface area contributed by atoms with E-state index in [0.717, 1.165) is 6.54 Å². The van der Waals surface area contributed by atoms with Crippen LogP contribution in [-0.4, -0.2) is 50.2 Å². The predicted octanol–water partition coefficient (Wildman–Crippen LogP) is 1.46. The number of rotatable bonds is 5. The smallest absolute Gasteiger partial charge is 0.417 e. The number of hydrogen-bond acceptors (Lipinski definition) is 5. The third-order valence-electron chi connectivity index (χ3n) is 1.49. The minimum atomic E-state index is -0.921. The van der Waals surface area contributed by atoms with Crippen LogP contribution in [0.15, 0.2) is 0 Å². The Kier molecular flexibility index (Phi) is 12.2. The third kappa shape index (κ3) is 12.8. The van der Waals surface area contributed by atoms with Crippen LogP contribution in [0.3, 0.4) is 0 Å². The molecule has 0 radical (unpaired) electrons. The van der Waals surface area contributed by atoms with E-state index in [1.54, 1.807) is 13.8 Å². The maximum absolute atomic E-state index is 11.0. The highest BCUT2D eigenvalue weighted by atomic mass is 16.6. The van der Waals surface area contributed by atoms with Crippen LogP contribution in [0.5, 0.6) is 0 Å². The van der Waals surface area contributed by atoms with Crippen molar-refractivity contribution in [3.05, 3.63) is 0 Å². The Morgan fingerprint density at radius 3 is 2.06 bits per heavy atom. The summed E-state index contributed by atoms with van der Waals surface area (Å²) in [6, 6.07) is 0. The number of ether oxygens (including phenoxy) is 2. The van der Waals surface area contributed by atoms with E-state index in [1.165, 1.54) is 0 Å². The molecule has 0 aliphatic heterocycles. The zero-order valence-electron chi connectivity index (χ0n) is 11.8. The first-order valence-corrected chi connectivity index (χ1v) is 5.96. The molecule has 0 bridgehead atoms. The van der Waals surface area contributed by atoms with E-state index in [0.29, 0.717) is 6.42 Å². The van der Waals surface area contributed by atoms with Crippen molar-refractivity contribution in [3.8, 4) is 0 Å². The monoisotopic (exact) mass is 247 g/mol. The Labute approximate surface area is 104 Å². The fourth-order valence-electron chi connectivity index (χ4n) is 0.867. The number of nitrogens with zero attached hydrogens (tertiary/aromatic N) is 1. The van der Waals surface area contributed by atoms with Gasteiger partial charge in [-0.05, 0) is 34.4 Å². The minimum absolute atomic E-state index is 0.240. The van der Waals surface area contributed by atoms with Gasteiger partial charge in [0.05, 0.1) is 12.7 Å². The summed E-state index contributed by atoms with van der Waals surface area (Å²) in [5.74, 6) is -1.84. The van der Waals surface area contributed by atoms with Crippen molar-refractivity contribution in [3.63, 3.8) is 0 Å². The zero-order chi connectivity index (χ0) is 13.8. The van der Waals surface area contributed by atoms with Crippen LogP contribution in [0, 0.1) is 0 Å². The molecule has 0 rings (SSSR count). The molecular weight excluding hydrogens is 222 g/mol. The molecule has 17 heavy (non-hydrogen) atoms. The Balaban J connectivity index is 0. The normalized spacial score (nSPS) is 9.65. The number of carbonyl (C=O) groups excluding carboxylic acids is 2. The van der Waals surface area contributed by atoms with Gasteiger partial charge in [0.25, 0.3) is 0 Å². The van der Waals surface area contributed by atoms with Crippen LogP contribution >= 0.6 is 0 Å². The lowest BCUT2D eigenvalue weighted by Crippen LogP contribution is -2.24. The van der Waals surface area contributed by atoms with Gasteiger partial charge < -0.3 is 14.4 Å². The molecule has 0 spiro atoms. The summed E-state index contributed by atoms with van der Waals surface area (Å²) in [6.45, 7) is 8.41. The number of esters is 2. The second-order valence-corrected chi connectivity index (χ2v) is 3.75. The molecule has 0 heterocycles. The van der Waals surface area contributed by atoms with Gasteiger partial charge in [0.1, 0.15) is 0 Å².